The number of amides is 1. The number of nitrogens with one attached hydrogen (secondary N) is 2. The molecule has 0 saturated heterocycles. The molecule has 4 nitrogen and oxygen atoms in total. The highest BCUT2D eigenvalue weighted by Gasteiger charge is 2.10. The minimum Gasteiger partial charge on any atom is -0.352 e. The van der Waals surface area contributed by atoms with Crippen LogP contribution in [0.3, 0.4) is 0 Å². The van der Waals surface area contributed by atoms with Crippen molar-refractivity contribution in [3.63, 3.8) is 0 Å². The number of rotatable bonds is 4. The largest absolute Gasteiger partial charge is 0.352 e. The Kier molecular flexibility index (Phi) is 4.77. The molecule has 3 rings (SSSR count). The fourth-order valence-electron chi connectivity index (χ4n) is 2.19. The molecule has 0 aliphatic heterocycles. The second-order valence-corrected chi connectivity index (χ2v) is 6.91. The van der Waals surface area contributed by atoms with Gasteiger partial charge in [0.2, 0.25) is 0 Å². The lowest BCUT2D eigenvalue weighted by Gasteiger charge is -2.06. The maximum atomic E-state index is 12.2. The Morgan fingerprint density at radius 2 is 2.09 bits per heavy atom. The van der Waals surface area contributed by atoms with Gasteiger partial charge in [-0.15, -0.1) is 0 Å². The van der Waals surface area contributed by atoms with Crippen molar-refractivity contribution in [1.82, 2.24) is 15.3 Å². The highest BCUT2D eigenvalue weighted by Crippen LogP contribution is 2.18. The topological polar surface area (TPSA) is 57.8 Å². The first kappa shape index (κ1) is 15.5. The van der Waals surface area contributed by atoms with Gasteiger partial charge in [0.1, 0.15) is 5.82 Å². The molecule has 0 spiro atoms. The third-order valence-corrected chi connectivity index (χ3v) is 4.69. The zero-order valence-corrected chi connectivity index (χ0v) is 15.3. The van der Waals surface area contributed by atoms with Crippen LogP contribution < -0.4 is 5.32 Å². The van der Waals surface area contributed by atoms with Gasteiger partial charge in [-0.25, -0.2) is 4.98 Å². The number of nitrogens with zero attached hydrogens (tertiary/aromatic N) is 1. The molecular formula is C16H13BrIN3O. The Morgan fingerprint density at radius 3 is 2.91 bits per heavy atom. The lowest BCUT2D eigenvalue weighted by Crippen LogP contribution is -2.26. The van der Waals surface area contributed by atoms with Gasteiger partial charge >= 0.3 is 0 Å². The summed E-state index contributed by atoms with van der Waals surface area (Å²) < 4.78 is 1.83. The van der Waals surface area contributed by atoms with E-state index in [9.17, 15) is 4.79 Å². The van der Waals surface area contributed by atoms with E-state index >= 15 is 0 Å². The van der Waals surface area contributed by atoms with Gasteiger partial charge < -0.3 is 10.3 Å². The summed E-state index contributed by atoms with van der Waals surface area (Å²) in [6.45, 7) is 0.543. The number of para-hydroxylation sites is 2. The van der Waals surface area contributed by atoms with Gasteiger partial charge in [-0.3, -0.25) is 4.79 Å². The van der Waals surface area contributed by atoms with Gasteiger partial charge in [0.05, 0.1) is 16.6 Å². The fourth-order valence-corrected chi connectivity index (χ4v) is 3.13. The molecule has 0 atom stereocenters. The maximum absolute atomic E-state index is 12.2. The number of carbonyl (C=O) groups is 1. The predicted octanol–water partition coefficient (Wildman–Crippen LogP) is 3.90. The summed E-state index contributed by atoms with van der Waals surface area (Å²) in [4.78, 5) is 20.0. The molecule has 2 N–H and O–H groups in total. The number of imidazole rings is 1. The molecule has 1 aromatic heterocycles. The summed E-state index contributed by atoms with van der Waals surface area (Å²) in [6.07, 6.45) is 0.672. The number of H-pyrrole nitrogens is 1. The Balaban J connectivity index is 1.62. The number of carbonyl (C=O) groups excluding carboxylic acids is 1. The molecule has 1 amide bonds. The number of fused-ring (bicyclic) bond motifs is 1. The van der Waals surface area contributed by atoms with Crippen molar-refractivity contribution < 1.29 is 4.79 Å². The van der Waals surface area contributed by atoms with Gasteiger partial charge in [0.25, 0.3) is 5.91 Å². The number of aromatic nitrogens is 2. The number of benzene rings is 2. The molecule has 0 bridgehead atoms. The van der Waals surface area contributed by atoms with E-state index in [0.717, 1.165) is 24.9 Å². The number of aromatic amines is 1. The lowest BCUT2D eigenvalue weighted by molar-refractivity contribution is 0.0953. The second-order valence-electron chi connectivity index (χ2n) is 4.83. The zero-order chi connectivity index (χ0) is 15.5. The summed E-state index contributed by atoms with van der Waals surface area (Å²) in [7, 11) is 0. The molecule has 0 fully saturated rings. The van der Waals surface area contributed by atoms with E-state index in [1.807, 2.05) is 42.5 Å². The molecule has 112 valence electrons. The minimum atomic E-state index is -0.0678. The lowest BCUT2D eigenvalue weighted by atomic mass is 10.2. The smallest absolute Gasteiger partial charge is 0.252 e. The van der Waals surface area contributed by atoms with E-state index in [4.69, 9.17) is 0 Å². The zero-order valence-electron chi connectivity index (χ0n) is 11.6. The molecule has 0 saturated carbocycles. The summed E-state index contributed by atoms with van der Waals surface area (Å²) in [5.74, 6) is 0.812. The van der Waals surface area contributed by atoms with Crippen molar-refractivity contribution in [2.75, 3.05) is 6.54 Å². The molecule has 0 aliphatic carbocycles. The molecule has 22 heavy (non-hydrogen) atoms. The first-order valence-electron chi connectivity index (χ1n) is 6.80. The molecule has 1 heterocycles. The molecule has 0 aliphatic rings. The average molecular weight is 470 g/mol. The van der Waals surface area contributed by atoms with Crippen LogP contribution in [0.4, 0.5) is 0 Å². The minimum absolute atomic E-state index is 0.0678. The third-order valence-electron chi connectivity index (χ3n) is 3.26. The van der Waals surface area contributed by atoms with Crippen LogP contribution in [0.2, 0.25) is 0 Å². The van der Waals surface area contributed by atoms with Gasteiger partial charge in [-0.1, -0.05) is 28.1 Å². The van der Waals surface area contributed by atoms with E-state index in [1.54, 1.807) is 0 Å². The van der Waals surface area contributed by atoms with Crippen LogP contribution in [0.15, 0.2) is 46.9 Å². The summed E-state index contributed by atoms with van der Waals surface area (Å²) >= 11 is 5.56. The quantitative estimate of drug-likeness (QED) is 0.569. The second kappa shape index (κ2) is 6.78. The number of hydrogen-bond donors (Lipinski definition) is 2. The standard InChI is InChI=1S/C16H13BrIN3O/c17-10-5-6-12(18)11(9-10)16(22)19-8-7-15-20-13-3-1-2-4-14(13)21-15/h1-6,9H,7-8H2,(H,19,22)(H,20,21). The molecule has 0 radical (unpaired) electrons. The summed E-state index contributed by atoms with van der Waals surface area (Å²) in [5.41, 5.74) is 2.65. The van der Waals surface area contributed by atoms with Crippen LogP contribution in [0.1, 0.15) is 16.2 Å². The maximum Gasteiger partial charge on any atom is 0.252 e. The Morgan fingerprint density at radius 1 is 1.27 bits per heavy atom. The van der Waals surface area contributed by atoms with E-state index < -0.39 is 0 Å². The van der Waals surface area contributed by atoms with Crippen molar-refractivity contribution >= 4 is 55.5 Å². The van der Waals surface area contributed by atoms with Crippen LogP contribution in [-0.4, -0.2) is 22.4 Å². The normalized spacial score (nSPS) is 10.8. The van der Waals surface area contributed by atoms with Crippen LogP contribution in [0, 0.1) is 3.57 Å². The highest BCUT2D eigenvalue weighted by molar-refractivity contribution is 14.1. The molecule has 6 heteroatoms. The Hall–Kier alpha value is -1.41. The summed E-state index contributed by atoms with van der Waals surface area (Å²) in [6, 6.07) is 13.6. The molecular weight excluding hydrogens is 457 g/mol. The van der Waals surface area contributed by atoms with E-state index in [1.165, 1.54) is 0 Å². The van der Waals surface area contributed by atoms with E-state index in [-0.39, 0.29) is 5.91 Å². The molecule has 2 aromatic carbocycles. The SMILES string of the molecule is O=C(NCCc1nc2ccccc2[nH]1)c1cc(Br)ccc1I. The van der Waals surface area contributed by atoms with Gasteiger partial charge in [0, 0.05) is 21.0 Å². The van der Waals surface area contributed by atoms with Crippen molar-refractivity contribution in [2.45, 2.75) is 6.42 Å². The average Bonchev–Trinajstić information content (AvgIpc) is 2.92. The predicted molar refractivity (Wildman–Crippen MR) is 99.0 cm³/mol. The van der Waals surface area contributed by atoms with E-state index in [0.29, 0.717) is 18.5 Å². The van der Waals surface area contributed by atoms with Crippen molar-refractivity contribution in [2.24, 2.45) is 0 Å². The first-order valence-corrected chi connectivity index (χ1v) is 8.67. The first-order chi connectivity index (χ1) is 10.6. The monoisotopic (exact) mass is 469 g/mol. The van der Waals surface area contributed by atoms with Gasteiger partial charge in [0.15, 0.2) is 0 Å². The number of hydrogen-bond acceptors (Lipinski definition) is 2. The summed E-state index contributed by atoms with van der Waals surface area (Å²) in [5, 5.41) is 2.94. The van der Waals surface area contributed by atoms with E-state index in [2.05, 4.69) is 53.8 Å². The van der Waals surface area contributed by atoms with Crippen LogP contribution in [-0.2, 0) is 6.42 Å². The van der Waals surface area contributed by atoms with Crippen LogP contribution in [0.25, 0.3) is 11.0 Å². The van der Waals surface area contributed by atoms with Crippen LogP contribution in [0.5, 0.6) is 0 Å². The third kappa shape index (κ3) is 3.49. The van der Waals surface area contributed by atoms with Gasteiger partial charge in [-0.2, -0.15) is 0 Å². The van der Waals surface area contributed by atoms with Gasteiger partial charge in [-0.05, 0) is 52.9 Å². The fraction of sp³-hybridized carbons (Fsp3) is 0.125. The van der Waals surface area contributed by atoms with Crippen LogP contribution >= 0.6 is 38.5 Å². The van der Waals surface area contributed by atoms with Crippen molar-refractivity contribution in [3.8, 4) is 0 Å². The Bertz CT molecular complexity index is 798. The van der Waals surface area contributed by atoms with Crippen molar-refractivity contribution in [3.05, 3.63) is 61.9 Å². The Labute approximate surface area is 150 Å². The number of halogens is 2. The molecule has 3 aromatic rings. The molecule has 0 unspecified atom stereocenters. The van der Waals surface area contributed by atoms with Crippen molar-refractivity contribution in [1.29, 1.82) is 0 Å². The highest BCUT2D eigenvalue weighted by atomic mass is 127.